The monoisotopic (exact) mass is 726 g/mol. The third kappa shape index (κ3) is 4.16. The van der Waals surface area contributed by atoms with Crippen molar-refractivity contribution in [1.29, 1.82) is 0 Å². The lowest BCUT2D eigenvalue weighted by atomic mass is 9.94. The van der Waals surface area contributed by atoms with Crippen molar-refractivity contribution in [3.8, 4) is 51.2 Å². The number of hydrogen-bond donors (Lipinski definition) is 0. The van der Waals surface area contributed by atoms with E-state index < -0.39 is 0 Å². The smallest absolute Gasteiger partial charge is 0.240 e. The van der Waals surface area contributed by atoms with Crippen molar-refractivity contribution in [2.24, 2.45) is 0 Å². The Kier molecular flexibility index (Phi) is 6.07. The summed E-state index contributed by atoms with van der Waals surface area (Å²) in [4.78, 5) is 15.9. The van der Waals surface area contributed by atoms with Gasteiger partial charge < -0.3 is 4.57 Å². The molecule has 5 heterocycles. The summed E-state index contributed by atoms with van der Waals surface area (Å²) in [7, 11) is 0. The quantitative estimate of drug-likeness (QED) is 0.182. The average Bonchev–Trinajstić information content (AvgIpc) is 3.88. The normalized spacial score (nSPS) is 12.2. The maximum atomic E-state index is 5.40. The zero-order valence-electron chi connectivity index (χ0n) is 30.5. The van der Waals surface area contributed by atoms with Gasteiger partial charge in [-0.05, 0) is 47.5 Å². The summed E-state index contributed by atoms with van der Waals surface area (Å²) in [6.45, 7) is 0. The molecule has 0 saturated heterocycles. The largest absolute Gasteiger partial charge is 0.308 e. The standard InChI is InChI=1S/C51H30N6/c1-2-15-31(16-3-1)49-52-50(56-43-26-11-7-20-35(43)36-21-8-12-27-44(36)56)54-51(53-49)57-45-28-13-9-22-37(45)40-29-46-41(30-47(40)57)39-24-14-23-38-33-18-5-4-17-32(33)34-19-6-10-25-42(34)55(46)48(38)39/h1-30H. The second-order valence-electron chi connectivity index (χ2n) is 14.8. The molecule has 6 heteroatoms. The van der Waals surface area contributed by atoms with Gasteiger partial charge in [0.2, 0.25) is 11.9 Å². The maximum Gasteiger partial charge on any atom is 0.240 e. The zero-order valence-corrected chi connectivity index (χ0v) is 30.5. The molecular weight excluding hydrogens is 697 g/mol. The van der Waals surface area contributed by atoms with Crippen molar-refractivity contribution >= 4 is 65.4 Å². The highest BCUT2D eigenvalue weighted by molar-refractivity contribution is 6.22. The molecule has 0 atom stereocenters. The molecule has 0 N–H and O–H groups in total. The van der Waals surface area contributed by atoms with E-state index in [1.165, 1.54) is 49.7 Å². The molecule has 264 valence electrons. The summed E-state index contributed by atoms with van der Waals surface area (Å²) in [5, 5.41) is 6.97. The minimum absolute atomic E-state index is 0.566. The van der Waals surface area contributed by atoms with Crippen LogP contribution in [0.1, 0.15) is 0 Å². The lowest BCUT2D eigenvalue weighted by Gasteiger charge is -2.13. The summed E-state index contributed by atoms with van der Waals surface area (Å²) in [6, 6.07) is 64.9. The second kappa shape index (κ2) is 11.4. The molecule has 8 aromatic carbocycles. The van der Waals surface area contributed by atoms with Crippen LogP contribution in [0.2, 0.25) is 0 Å². The van der Waals surface area contributed by atoms with Gasteiger partial charge in [-0.15, -0.1) is 0 Å². The van der Waals surface area contributed by atoms with Crippen molar-refractivity contribution in [1.82, 2.24) is 28.7 Å². The first-order valence-corrected chi connectivity index (χ1v) is 19.3. The molecule has 57 heavy (non-hydrogen) atoms. The van der Waals surface area contributed by atoms with Crippen molar-refractivity contribution in [2.45, 2.75) is 0 Å². The average molecular weight is 727 g/mol. The van der Waals surface area contributed by atoms with Gasteiger partial charge in [0, 0.05) is 49.0 Å². The van der Waals surface area contributed by atoms with Crippen LogP contribution in [0.3, 0.4) is 0 Å². The minimum Gasteiger partial charge on any atom is -0.308 e. The van der Waals surface area contributed by atoms with Crippen LogP contribution < -0.4 is 0 Å². The molecule has 1 aliphatic rings. The molecule has 0 saturated carbocycles. The van der Waals surface area contributed by atoms with E-state index in [0.717, 1.165) is 49.2 Å². The van der Waals surface area contributed by atoms with E-state index in [4.69, 9.17) is 15.0 Å². The summed E-state index contributed by atoms with van der Waals surface area (Å²) < 4.78 is 6.90. The molecule has 4 aromatic heterocycles. The Morgan fingerprint density at radius 3 is 1.42 bits per heavy atom. The molecule has 0 radical (unpaired) electrons. The first kappa shape index (κ1) is 30.5. The lowest BCUT2D eigenvalue weighted by molar-refractivity contribution is 0.893. The molecule has 12 aromatic rings. The minimum atomic E-state index is 0.566. The second-order valence-corrected chi connectivity index (χ2v) is 14.8. The van der Waals surface area contributed by atoms with Crippen LogP contribution in [-0.4, -0.2) is 28.7 Å². The van der Waals surface area contributed by atoms with Crippen LogP contribution in [0.25, 0.3) is 117 Å². The van der Waals surface area contributed by atoms with Crippen molar-refractivity contribution in [3.63, 3.8) is 0 Å². The first-order chi connectivity index (χ1) is 28.3. The third-order valence-corrected chi connectivity index (χ3v) is 11.9. The maximum absolute atomic E-state index is 5.40. The Labute approximate surface area is 326 Å². The van der Waals surface area contributed by atoms with Gasteiger partial charge >= 0.3 is 0 Å². The van der Waals surface area contributed by atoms with Crippen molar-refractivity contribution in [3.05, 3.63) is 182 Å². The Morgan fingerprint density at radius 1 is 0.298 bits per heavy atom. The van der Waals surface area contributed by atoms with E-state index >= 15 is 0 Å². The molecule has 0 fully saturated rings. The van der Waals surface area contributed by atoms with Crippen LogP contribution in [0.5, 0.6) is 0 Å². The van der Waals surface area contributed by atoms with Gasteiger partial charge in [0.15, 0.2) is 5.82 Å². The SMILES string of the molecule is c1ccc(-c2nc(-n3c4ccccc4c4ccccc43)nc(-n3c4ccccc4c4cc5c(cc43)c3cccc4c3n5-c3ccccc3-c3ccccc3-4)n2)cc1. The topological polar surface area (TPSA) is 53.5 Å². The third-order valence-electron chi connectivity index (χ3n) is 11.9. The van der Waals surface area contributed by atoms with Crippen LogP contribution in [0, 0.1) is 0 Å². The Hall–Kier alpha value is -7.83. The first-order valence-electron chi connectivity index (χ1n) is 19.3. The van der Waals surface area contributed by atoms with E-state index in [-0.39, 0.29) is 0 Å². The molecule has 0 spiro atoms. The van der Waals surface area contributed by atoms with Crippen molar-refractivity contribution in [2.75, 3.05) is 0 Å². The van der Waals surface area contributed by atoms with Gasteiger partial charge in [-0.2, -0.15) is 15.0 Å². The van der Waals surface area contributed by atoms with Gasteiger partial charge in [0.25, 0.3) is 0 Å². The fourth-order valence-electron chi connectivity index (χ4n) is 9.47. The Bertz CT molecular complexity index is 3590. The number of para-hydroxylation sites is 5. The molecule has 13 rings (SSSR count). The summed E-state index contributed by atoms with van der Waals surface area (Å²) >= 11 is 0. The number of benzene rings is 8. The Morgan fingerprint density at radius 2 is 0.754 bits per heavy atom. The number of nitrogens with zero attached hydrogens (tertiary/aromatic N) is 6. The van der Waals surface area contributed by atoms with Crippen LogP contribution in [0.15, 0.2) is 182 Å². The van der Waals surface area contributed by atoms with Gasteiger partial charge in [-0.1, -0.05) is 146 Å². The Balaban J connectivity index is 1.16. The van der Waals surface area contributed by atoms with Gasteiger partial charge in [-0.25, -0.2) is 0 Å². The molecule has 1 aliphatic heterocycles. The lowest BCUT2D eigenvalue weighted by Crippen LogP contribution is -2.10. The number of aromatic nitrogens is 6. The molecular formula is C51H30N6. The van der Waals surface area contributed by atoms with Crippen molar-refractivity contribution < 1.29 is 0 Å². The highest BCUT2D eigenvalue weighted by Crippen LogP contribution is 2.48. The van der Waals surface area contributed by atoms with E-state index in [0.29, 0.717) is 17.7 Å². The molecule has 0 bridgehead atoms. The molecule has 0 amide bonds. The van der Waals surface area contributed by atoms with Crippen LogP contribution >= 0.6 is 0 Å². The fraction of sp³-hybridized carbons (Fsp3) is 0. The molecule has 6 nitrogen and oxygen atoms in total. The van der Waals surface area contributed by atoms with Crippen LogP contribution in [0.4, 0.5) is 0 Å². The fourth-order valence-corrected chi connectivity index (χ4v) is 9.47. The van der Waals surface area contributed by atoms with Gasteiger partial charge in [0.1, 0.15) is 0 Å². The predicted molar refractivity (Wildman–Crippen MR) is 233 cm³/mol. The predicted octanol–water partition coefficient (Wildman–Crippen LogP) is 12.5. The van der Waals surface area contributed by atoms with E-state index in [1.54, 1.807) is 0 Å². The number of fused-ring (bicyclic) bond motifs is 14. The number of rotatable bonds is 3. The van der Waals surface area contributed by atoms with E-state index in [2.05, 4.69) is 177 Å². The molecule has 0 aliphatic carbocycles. The van der Waals surface area contributed by atoms with Gasteiger partial charge in [-0.3, -0.25) is 9.13 Å². The van der Waals surface area contributed by atoms with Gasteiger partial charge in [0.05, 0.1) is 38.8 Å². The summed E-state index contributed by atoms with van der Waals surface area (Å²) in [5.74, 6) is 1.75. The summed E-state index contributed by atoms with van der Waals surface area (Å²) in [6.07, 6.45) is 0. The summed E-state index contributed by atoms with van der Waals surface area (Å²) in [5.41, 5.74) is 13.6. The molecule has 0 unspecified atom stereocenters. The van der Waals surface area contributed by atoms with E-state index in [1.807, 2.05) is 18.2 Å². The highest BCUT2D eigenvalue weighted by Gasteiger charge is 2.26. The number of hydrogen-bond acceptors (Lipinski definition) is 3. The van der Waals surface area contributed by atoms with E-state index in [9.17, 15) is 0 Å². The van der Waals surface area contributed by atoms with Crippen LogP contribution in [-0.2, 0) is 0 Å². The highest BCUT2D eigenvalue weighted by atomic mass is 15.3. The zero-order chi connectivity index (χ0) is 37.2.